The van der Waals surface area contributed by atoms with Gasteiger partial charge < -0.3 is 15.5 Å². The Morgan fingerprint density at radius 3 is 2.80 bits per heavy atom. The van der Waals surface area contributed by atoms with E-state index in [1.807, 2.05) is 18.2 Å². The Balaban J connectivity index is 1.60. The number of hydrogen-bond donors (Lipinski definition) is 2. The average Bonchev–Trinajstić information content (AvgIpc) is 3.23. The van der Waals surface area contributed by atoms with Crippen molar-refractivity contribution in [2.24, 2.45) is 5.92 Å². The maximum Gasteiger partial charge on any atom is 0.227 e. The number of likely N-dealkylation sites (N-methyl/N-ethyl adjacent to an activating group) is 1. The molecule has 2 N–H and O–H groups in total. The number of nitrogens with zero attached hydrogens (tertiary/aromatic N) is 1. The Morgan fingerprint density at radius 1 is 1.25 bits per heavy atom. The Bertz CT molecular complexity index is 484. The molecule has 3 rings (SSSR count). The zero-order valence-corrected chi connectivity index (χ0v) is 12.1. The van der Waals surface area contributed by atoms with Gasteiger partial charge in [0.1, 0.15) is 0 Å². The van der Waals surface area contributed by atoms with Crippen molar-refractivity contribution in [1.29, 1.82) is 0 Å². The molecule has 0 bridgehead atoms. The van der Waals surface area contributed by atoms with Gasteiger partial charge in [-0.2, -0.15) is 0 Å². The summed E-state index contributed by atoms with van der Waals surface area (Å²) in [4.78, 5) is 14.1. The van der Waals surface area contributed by atoms with Gasteiger partial charge in [-0.1, -0.05) is 6.07 Å². The SMILES string of the molecule is CN1CCCC(Nc2cccc(NC(=O)C3CC3)c2)C1. The summed E-state index contributed by atoms with van der Waals surface area (Å²) in [6.45, 7) is 2.27. The van der Waals surface area contributed by atoms with E-state index in [1.54, 1.807) is 0 Å². The molecule has 1 aromatic carbocycles. The minimum Gasteiger partial charge on any atom is -0.381 e. The molecule has 0 spiro atoms. The second kappa shape index (κ2) is 5.83. The van der Waals surface area contributed by atoms with E-state index in [4.69, 9.17) is 0 Å². The molecular weight excluding hydrogens is 250 g/mol. The van der Waals surface area contributed by atoms with Crippen LogP contribution in [0.15, 0.2) is 24.3 Å². The monoisotopic (exact) mass is 273 g/mol. The average molecular weight is 273 g/mol. The van der Waals surface area contributed by atoms with Crippen molar-refractivity contribution < 1.29 is 4.79 Å². The standard InChI is InChI=1S/C16H23N3O/c1-19-9-3-6-15(11-19)17-13-4-2-5-14(10-13)18-16(20)12-7-8-12/h2,4-5,10,12,15,17H,3,6-9,11H2,1H3,(H,18,20). The molecule has 4 nitrogen and oxygen atoms in total. The normalized spacial score (nSPS) is 23.4. The van der Waals surface area contributed by atoms with Gasteiger partial charge in [0.15, 0.2) is 0 Å². The molecule has 1 atom stereocenters. The van der Waals surface area contributed by atoms with E-state index in [2.05, 4.69) is 28.6 Å². The summed E-state index contributed by atoms with van der Waals surface area (Å²) in [6, 6.07) is 8.56. The molecule has 1 unspecified atom stereocenters. The maximum absolute atomic E-state index is 11.8. The maximum atomic E-state index is 11.8. The molecule has 1 saturated carbocycles. The lowest BCUT2D eigenvalue weighted by Gasteiger charge is -2.31. The summed E-state index contributed by atoms with van der Waals surface area (Å²) < 4.78 is 0. The molecule has 1 aliphatic carbocycles. The number of benzene rings is 1. The Morgan fingerprint density at radius 2 is 2.05 bits per heavy atom. The minimum absolute atomic E-state index is 0.166. The lowest BCUT2D eigenvalue weighted by atomic mass is 10.1. The Labute approximate surface area is 120 Å². The third-order valence-electron chi connectivity index (χ3n) is 4.07. The first-order chi connectivity index (χ1) is 9.70. The van der Waals surface area contributed by atoms with Gasteiger partial charge in [-0.25, -0.2) is 0 Å². The topological polar surface area (TPSA) is 44.4 Å². The number of hydrogen-bond acceptors (Lipinski definition) is 3. The van der Waals surface area contributed by atoms with Crippen LogP contribution in [0, 0.1) is 5.92 Å². The molecule has 1 amide bonds. The number of likely N-dealkylation sites (tertiary alicyclic amines) is 1. The molecule has 1 aromatic rings. The van der Waals surface area contributed by atoms with E-state index in [1.165, 1.54) is 19.4 Å². The van der Waals surface area contributed by atoms with Crippen molar-refractivity contribution in [3.63, 3.8) is 0 Å². The lowest BCUT2D eigenvalue weighted by molar-refractivity contribution is -0.117. The highest BCUT2D eigenvalue weighted by molar-refractivity contribution is 5.94. The molecule has 1 saturated heterocycles. The number of amides is 1. The fraction of sp³-hybridized carbons (Fsp3) is 0.562. The van der Waals surface area contributed by atoms with Crippen LogP contribution in [0.5, 0.6) is 0 Å². The molecule has 0 radical (unpaired) electrons. The number of anilines is 2. The summed E-state index contributed by atoms with van der Waals surface area (Å²) in [5.74, 6) is 0.415. The summed E-state index contributed by atoms with van der Waals surface area (Å²) in [7, 11) is 2.17. The number of carbonyl (C=O) groups excluding carboxylic acids is 1. The third-order valence-corrected chi connectivity index (χ3v) is 4.07. The second-order valence-electron chi connectivity index (χ2n) is 6.09. The van der Waals surface area contributed by atoms with Crippen molar-refractivity contribution in [2.75, 3.05) is 30.8 Å². The predicted molar refractivity (Wildman–Crippen MR) is 81.9 cm³/mol. The molecular formula is C16H23N3O. The number of piperidine rings is 1. The van der Waals surface area contributed by atoms with Crippen LogP contribution >= 0.6 is 0 Å². The summed E-state index contributed by atoms with van der Waals surface area (Å²) in [6.07, 6.45) is 4.53. The highest BCUT2D eigenvalue weighted by Gasteiger charge is 2.29. The van der Waals surface area contributed by atoms with E-state index in [0.717, 1.165) is 30.8 Å². The van der Waals surface area contributed by atoms with Gasteiger partial charge in [0.05, 0.1) is 0 Å². The molecule has 108 valence electrons. The van der Waals surface area contributed by atoms with Crippen LogP contribution in [0.4, 0.5) is 11.4 Å². The largest absolute Gasteiger partial charge is 0.381 e. The van der Waals surface area contributed by atoms with Crippen LogP contribution in [-0.4, -0.2) is 37.0 Å². The van der Waals surface area contributed by atoms with Gasteiger partial charge in [-0.15, -0.1) is 0 Å². The zero-order chi connectivity index (χ0) is 13.9. The molecule has 4 heteroatoms. The lowest BCUT2D eigenvalue weighted by Crippen LogP contribution is -2.39. The smallest absolute Gasteiger partial charge is 0.227 e. The van der Waals surface area contributed by atoms with Gasteiger partial charge in [-0.3, -0.25) is 4.79 Å². The summed E-state index contributed by atoms with van der Waals surface area (Å²) >= 11 is 0. The van der Waals surface area contributed by atoms with Gasteiger partial charge in [0, 0.05) is 29.9 Å². The van der Waals surface area contributed by atoms with E-state index in [0.29, 0.717) is 6.04 Å². The molecule has 1 heterocycles. The predicted octanol–water partition coefficient (Wildman–Crippen LogP) is 2.54. The quantitative estimate of drug-likeness (QED) is 0.886. The van der Waals surface area contributed by atoms with Crippen LogP contribution in [0.3, 0.4) is 0 Å². The van der Waals surface area contributed by atoms with Crippen molar-refractivity contribution in [2.45, 2.75) is 31.7 Å². The van der Waals surface area contributed by atoms with Crippen molar-refractivity contribution in [3.05, 3.63) is 24.3 Å². The first-order valence-electron chi connectivity index (χ1n) is 7.57. The third kappa shape index (κ3) is 3.51. The van der Waals surface area contributed by atoms with E-state index >= 15 is 0 Å². The van der Waals surface area contributed by atoms with Crippen molar-refractivity contribution in [3.8, 4) is 0 Å². The van der Waals surface area contributed by atoms with Gasteiger partial charge in [-0.05, 0) is 57.5 Å². The van der Waals surface area contributed by atoms with Crippen LogP contribution in [0.1, 0.15) is 25.7 Å². The highest BCUT2D eigenvalue weighted by atomic mass is 16.2. The summed E-state index contributed by atoms with van der Waals surface area (Å²) in [5.41, 5.74) is 2.00. The Kier molecular flexibility index (Phi) is 3.92. The van der Waals surface area contributed by atoms with Crippen LogP contribution in [-0.2, 0) is 4.79 Å². The van der Waals surface area contributed by atoms with Crippen LogP contribution < -0.4 is 10.6 Å². The number of nitrogens with one attached hydrogen (secondary N) is 2. The first kappa shape index (κ1) is 13.4. The van der Waals surface area contributed by atoms with Crippen molar-refractivity contribution in [1.82, 2.24) is 4.90 Å². The molecule has 1 aliphatic heterocycles. The molecule has 2 aliphatic rings. The fourth-order valence-corrected chi connectivity index (χ4v) is 2.80. The Hall–Kier alpha value is -1.55. The van der Waals surface area contributed by atoms with E-state index in [9.17, 15) is 4.79 Å². The summed E-state index contributed by atoms with van der Waals surface area (Å²) in [5, 5.41) is 6.58. The second-order valence-corrected chi connectivity index (χ2v) is 6.09. The minimum atomic E-state index is 0.166. The van der Waals surface area contributed by atoms with E-state index in [-0.39, 0.29) is 11.8 Å². The molecule has 0 aromatic heterocycles. The van der Waals surface area contributed by atoms with Crippen molar-refractivity contribution >= 4 is 17.3 Å². The van der Waals surface area contributed by atoms with Gasteiger partial charge in [0.25, 0.3) is 0 Å². The van der Waals surface area contributed by atoms with Gasteiger partial charge >= 0.3 is 0 Å². The zero-order valence-electron chi connectivity index (χ0n) is 12.1. The first-order valence-corrected chi connectivity index (χ1v) is 7.57. The van der Waals surface area contributed by atoms with Crippen LogP contribution in [0.2, 0.25) is 0 Å². The highest BCUT2D eigenvalue weighted by Crippen LogP contribution is 2.30. The molecule has 20 heavy (non-hydrogen) atoms. The van der Waals surface area contributed by atoms with Crippen LogP contribution in [0.25, 0.3) is 0 Å². The van der Waals surface area contributed by atoms with E-state index < -0.39 is 0 Å². The fourth-order valence-electron chi connectivity index (χ4n) is 2.80. The number of carbonyl (C=O) groups is 1. The molecule has 2 fully saturated rings. The number of rotatable bonds is 4. The van der Waals surface area contributed by atoms with Gasteiger partial charge in [0.2, 0.25) is 5.91 Å².